The zero-order valence-corrected chi connectivity index (χ0v) is 16.2. The summed E-state index contributed by atoms with van der Waals surface area (Å²) in [6.45, 7) is -0.137. The van der Waals surface area contributed by atoms with Crippen molar-refractivity contribution < 1.29 is 9.53 Å². The molecule has 144 valence electrons. The minimum absolute atomic E-state index is 0.137. The molecule has 5 nitrogen and oxygen atoms in total. The summed E-state index contributed by atoms with van der Waals surface area (Å²) in [6, 6.07) is 20.4. The van der Waals surface area contributed by atoms with Crippen LogP contribution in [0.4, 0.5) is 0 Å². The van der Waals surface area contributed by atoms with E-state index in [1.165, 1.54) is 0 Å². The number of amides is 1. The van der Waals surface area contributed by atoms with E-state index in [-0.39, 0.29) is 18.6 Å². The zero-order chi connectivity index (χ0) is 20.1. The minimum atomic E-state index is -0.296. The fraction of sp³-hybridized carbons (Fsp3) is 0.0870. The van der Waals surface area contributed by atoms with Crippen LogP contribution in [0.5, 0.6) is 5.75 Å². The molecule has 0 bridgehead atoms. The Morgan fingerprint density at radius 2 is 1.69 bits per heavy atom. The number of aromatic nitrogens is 2. The van der Waals surface area contributed by atoms with Gasteiger partial charge in [-0.1, -0.05) is 41.9 Å². The van der Waals surface area contributed by atoms with Gasteiger partial charge in [-0.15, -0.1) is 0 Å². The number of fused-ring (bicyclic) bond motifs is 1. The van der Waals surface area contributed by atoms with Crippen LogP contribution in [0.15, 0.2) is 85.3 Å². The van der Waals surface area contributed by atoms with Crippen LogP contribution in [-0.4, -0.2) is 22.5 Å². The van der Waals surface area contributed by atoms with Gasteiger partial charge in [-0.25, -0.2) is 0 Å². The number of pyridine rings is 2. The summed E-state index contributed by atoms with van der Waals surface area (Å²) in [5.41, 5.74) is 2.55. The van der Waals surface area contributed by atoms with Gasteiger partial charge < -0.3 is 10.1 Å². The van der Waals surface area contributed by atoms with Crippen molar-refractivity contribution in [1.82, 2.24) is 15.3 Å². The van der Waals surface area contributed by atoms with Crippen LogP contribution in [-0.2, 0) is 4.79 Å². The van der Waals surface area contributed by atoms with Crippen molar-refractivity contribution in [3.05, 3.63) is 101 Å². The molecule has 2 aromatic heterocycles. The Hall–Kier alpha value is -3.44. The van der Waals surface area contributed by atoms with Gasteiger partial charge in [0.1, 0.15) is 11.3 Å². The van der Waals surface area contributed by atoms with Crippen LogP contribution in [0.3, 0.4) is 0 Å². The monoisotopic (exact) mass is 403 g/mol. The van der Waals surface area contributed by atoms with Crippen LogP contribution in [0, 0.1) is 0 Å². The number of ether oxygens (including phenoxy) is 1. The molecule has 4 aromatic rings. The molecule has 1 unspecified atom stereocenters. The minimum Gasteiger partial charge on any atom is -0.481 e. The molecule has 4 rings (SSSR count). The Morgan fingerprint density at radius 1 is 0.931 bits per heavy atom. The average molecular weight is 404 g/mol. The Balaban J connectivity index is 1.52. The number of benzene rings is 2. The van der Waals surface area contributed by atoms with E-state index in [1.807, 2.05) is 54.6 Å². The van der Waals surface area contributed by atoms with Gasteiger partial charge in [-0.2, -0.15) is 0 Å². The first-order valence-electron chi connectivity index (χ1n) is 9.12. The number of nitrogens with zero attached hydrogens (tertiary/aromatic N) is 2. The lowest BCUT2D eigenvalue weighted by molar-refractivity contribution is -0.123. The van der Waals surface area contributed by atoms with E-state index >= 15 is 0 Å². The highest BCUT2D eigenvalue weighted by Gasteiger charge is 2.17. The zero-order valence-electron chi connectivity index (χ0n) is 15.5. The molecule has 29 heavy (non-hydrogen) atoms. The van der Waals surface area contributed by atoms with E-state index in [2.05, 4.69) is 15.3 Å². The number of rotatable bonds is 6. The normalized spacial score (nSPS) is 11.8. The summed E-state index contributed by atoms with van der Waals surface area (Å²) in [7, 11) is 0. The van der Waals surface area contributed by atoms with Crippen molar-refractivity contribution in [2.24, 2.45) is 0 Å². The van der Waals surface area contributed by atoms with Crippen LogP contribution in [0.25, 0.3) is 10.9 Å². The molecule has 0 spiro atoms. The van der Waals surface area contributed by atoms with Crippen molar-refractivity contribution in [3.8, 4) is 5.75 Å². The Labute approximate surface area is 173 Å². The average Bonchev–Trinajstić information content (AvgIpc) is 2.78. The van der Waals surface area contributed by atoms with Gasteiger partial charge in [0, 0.05) is 24.0 Å². The first-order chi connectivity index (χ1) is 14.2. The van der Waals surface area contributed by atoms with Crippen LogP contribution in [0.1, 0.15) is 17.2 Å². The highest BCUT2D eigenvalue weighted by molar-refractivity contribution is 6.35. The van der Waals surface area contributed by atoms with Crippen LogP contribution >= 0.6 is 11.6 Å². The fourth-order valence-electron chi connectivity index (χ4n) is 3.13. The largest absolute Gasteiger partial charge is 0.481 e. The molecule has 0 aliphatic carbocycles. The molecule has 0 saturated heterocycles. The lowest BCUT2D eigenvalue weighted by atomic mass is 10.00. The van der Waals surface area contributed by atoms with E-state index in [1.54, 1.807) is 30.7 Å². The highest BCUT2D eigenvalue weighted by Crippen LogP contribution is 2.29. The van der Waals surface area contributed by atoms with E-state index in [4.69, 9.17) is 16.3 Å². The Bertz CT molecular complexity index is 1080. The molecule has 0 aliphatic rings. The third-order valence-corrected chi connectivity index (χ3v) is 4.85. The lowest BCUT2D eigenvalue weighted by Crippen LogP contribution is -2.33. The first kappa shape index (κ1) is 18.9. The third-order valence-electron chi connectivity index (χ3n) is 4.52. The summed E-state index contributed by atoms with van der Waals surface area (Å²) in [6.07, 6.45) is 5.08. The molecular weight excluding hydrogens is 386 g/mol. The summed E-state index contributed by atoms with van der Waals surface area (Å²) < 4.78 is 5.76. The molecule has 0 fully saturated rings. The Morgan fingerprint density at radius 3 is 2.48 bits per heavy atom. The second kappa shape index (κ2) is 8.71. The quantitative estimate of drug-likeness (QED) is 0.512. The van der Waals surface area contributed by atoms with Crippen molar-refractivity contribution in [3.63, 3.8) is 0 Å². The molecular formula is C23H18ClN3O2. The molecule has 6 heteroatoms. The third kappa shape index (κ3) is 4.36. The SMILES string of the molecule is O=C(COc1ccc(Cl)c2cccnc12)NC(c1ccccc1)c1ccncc1. The summed E-state index contributed by atoms with van der Waals surface area (Å²) >= 11 is 6.22. The number of hydrogen-bond acceptors (Lipinski definition) is 4. The van der Waals surface area contributed by atoms with Gasteiger partial charge in [0.15, 0.2) is 6.61 Å². The molecule has 0 saturated carbocycles. The maximum atomic E-state index is 12.7. The smallest absolute Gasteiger partial charge is 0.258 e. The van der Waals surface area contributed by atoms with Crippen molar-refractivity contribution in [1.29, 1.82) is 0 Å². The molecule has 0 radical (unpaired) electrons. The second-order valence-electron chi connectivity index (χ2n) is 6.43. The van der Waals surface area contributed by atoms with Crippen molar-refractivity contribution >= 4 is 28.4 Å². The molecule has 1 N–H and O–H groups in total. The lowest BCUT2D eigenvalue weighted by Gasteiger charge is -2.20. The van der Waals surface area contributed by atoms with Crippen molar-refractivity contribution in [2.45, 2.75) is 6.04 Å². The van der Waals surface area contributed by atoms with Gasteiger partial charge in [0.25, 0.3) is 5.91 Å². The second-order valence-corrected chi connectivity index (χ2v) is 6.83. The van der Waals surface area contributed by atoms with E-state index in [0.717, 1.165) is 16.5 Å². The molecule has 1 atom stereocenters. The molecule has 2 heterocycles. The number of halogens is 1. The molecule has 2 aromatic carbocycles. The predicted octanol–water partition coefficient (Wildman–Crippen LogP) is 4.57. The van der Waals surface area contributed by atoms with Gasteiger partial charge in [-0.3, -0.25) is 14.8 Å². The Kier molecular flexibility index (Phi) is 5.68. The maximum absolute atomic E-state index is 12.7. The van der Waals surface area contributed by atoms with Crippen LogP contribution < -0.4 is 10.1 Å². The highest BCUT2D eigenvalue weighted by atomic mass is 35.5. The molecule has 1 amide bonds. The van der Waals surface area contributed by atoms with Crippen LogP contribution in [0.2, 0.25) is 5.02 Å². The van der Waals surface area contributed by atoms with Gasteiger partial charge in [0.2, 0.25) is 0 Å². The number of nitrogens with one attached hydrogen (secondary N) is 1. The van der Waals surface area contributed by atoms with E-state index in [0.29, 0.717) is 16.3 Å². The predicted molar refractivity (Wildman–Crippen MR) is 113 cm³/mol. The fourth-order valence-corrected chi connectivity index (χ4v) is 3.35. The van der Waals surface area contributed by atoms with E-state index in [9.17, 15) is 4.79 Å². The number of carbonyl (C=O) groups is 1. The summed E-state index contributed by atoms with van der Waals surface area (Å²) in [5, 5.41) is 4.41. The summed E-state index contributed by atoms with van der Waals surface area (Å²) in [4.78, 5) is 21.1. The standard InChI is InChI=1S/C23H18ClN3O2/c24-19-8-9-20(23-18(19)7-4-12-26-23)29-15-21(28)27-22(16-5-2-1-3-6-16)17-10-13-25-14-11-17/h1-14,22H,15H2,(H,27,28). The molecule has 0 aliphatic heterocycles. The summed E-state index contributed by atoms with van der Waals surface area (Å²) in [5.74, 6) is 0.273. The van der Waals surface area contributed by atoms with Gasteiger partial charge >= 0.3 is 0 Å². The first-order valence-corrected chi connectivity index (χ1v) is 9.50. The van der Waals surface area contributed by atoms with Crippen molar-refractivity contribution in [2.75, 3.05) is 6.61 Å². The number of carbonyl (C=O) groups excluding carboxylic acids is 1. The van der Waals surface area contributed by atoms with Gasteiger partial charge in [-0.05, 0) is 47.5 Å². The van der Waals surface area contributed by atoms with Gasteiger partial charge in [0.05, 0.1) is 11.1 Å². The topological polar surface area (TPSA) is 64.1 Å². The maximum Gasteiger partial charge on any atom is 0.258 e. The van der Waals surface area contributed by atoms with E-state index < -0.39 is 0 Å². The number of hydrogen-bond donors (Lipinski definition) is 1.